The first-order valence-electron chi connectivity index (χ1n) is 10.3. The van der Waals surface area contributed by atoms with Gasteiger partial charge in [-0.3, -0.25) is 4.79 Å². The number of nitriles is 1. The van der Waals surface area contributed by atoms with Crippen molar-refractivity contribution >= 4 is 23.5 Å². The topological polar surface area (TPSA) is 70.4 Å². The van der Waals surface area contributed by atoms with Crippen LogP contribution >= 0.6 is 11.6 Å². The maximum atomic E-state index is 13.9. The second-order valence-electron chi connectivity index (χ2n) is 7.60. The first kappa shape index (κ1) is 21.6. The van der Waals surface area contributed by atoms with Crippen molar-refractivity contribution in [3.05, 3.63) is 94.5 Å². The molecule has 1 aliphatic heterocycles. The third kappa shape index (κ3) is 3.98. The largest absolute Gasteiger partial charge is 0.467 e. The number of hydrogen-bond donors (Lipinski definition) is 0. The molecule has 6 heteroatoms. The average Bonchev–Trinajstić information content (AvgIpc) is 3.28. The van der Waals surface area contributed by atoms with Crippen LogP contribution in [0.25, 0.3) is 11.1 Å². The highest BCUT2D eigenvalue weighted by Gasteiger charge is 2.43. The minimum Gasteiger partial charge on any atom is -0.467 e. The molecule has 5 nitrogen and oxygen atoms in total. The number of nitrogens with zero attached hydrogens (tertiary/aromatic N) is 2. The lowest BCUT2D eigenvalue weighted by molar-refractivity contribution is -0.145. The SMILES string of the molecule is COC(=O)[C@@H]1CC[C@H](c2ccccc2Cl)N1C(=O)c1ccccc1-c1cccc(C#N)c1. The van der Waals surface area contributed by atoms with Crippen molar-refractivity contribution in [2.45, 2.75) is 24.9 Å². The Labute approximate surface area is 191 Å². The monoisotopic (exact) mass is 444 g/mol. The fraction of sp³-hybridized carbons (Fsp3) is 0.192. The predicted molar refractivity (Wildman–Crippen MR) is 122 cm³/mol. The molecule has 0 unspecified atom stereocenters. The molecular weight excluding hydrogens is 424 g/mol. The van der Waals surface area contributed by atoms with Gasteiger partial charge in [-0.15, -0.1) is 0 Å². The van der Waals surface area contributed by atoms with Crippen LogP contribution in [-0.4, -0.2) is 29.9 Å². The number of ether oxygens (including phenoxy) is 1. The molecule has 0 aromatic heterocycles. The van der Waals surface area contributed by atoms with E-state index < -0.39 is 12.0 Å². The van der Waals surface area contributed by atoms with E-state index in [9.17, 15) is 14.9 Å². The molecule has 2 atom stereocenters. The summed E-state index contributed by atoms with van der Waals surface area (Å²) in [5, 5.41) is 9.83. The third-order valence-corrected chi connectivity index (χ3v) is 6.16. The van der Waals surface area contributed by atoms with Crippen molar-refractivity contribution in [2.75, 3.05) is 7.11 Å². The summed E-state index contributed by atoms with van der Waals surface area (Å²) in [5.74, 6) is -0.724. The fourth-order valence-electron chi connectivity index (χ4n) is 4.33. The zero-order valence-corrected chi connectivity index (χ0v) is 18.3. The van der Waals surface area contributed by atoms with Crippen LogP contribution in [0.15, 0.2) is 72.8 Å². The normalized spacial score (nSPS) is 17.6. The molecule has 160 valence electrons. The van der Waals surface area contributed by atoms with Crippen LogP contribution in [0.2, 0.25) is 5.02 Å². The molecule has 1 heterocycles. The van der Waals surface area contributed by atoms with E-state index in [0.717, 1.165) is 11.1 Å². The highest BCUT2D eigenvalue weighted by atomic mass is 35.5. The molecule has 0 saturated carbocycles. The van der Waals surface area contributed by atoms with Crippen LogP contribution < -0.4 is 0 Å². The minimum absolute atomic E-state index is 0.277. The van der Waals surface area contributed by atoms with Gasteiger partial charge in [-0.2, -0.15) is 5.26 Å². The van der Waals surface area contributed by atoms with E-state index in [2.05, 4.69) is 6.07 Å². The molecule has 0 bridgehead atoms. The molecule has 3 aromatic rings. The maximum absolute atomic E-state index is 13.9. The van der Waals surface area contributed by atoms with Crippen LogP contribution in [-0.2, 0) is 9.53 Å². The van der Waals surface area contributed by atoms with Gasteiger partial charge in [-0.1, -0.05) is 60.1 Å². The second-order valence-corrected chi connectivity index (χ2v) is 8.01. The van der Waals surface area contributed by atoms with E-state index in [1.807, 2.05) is 36.4 Å². The Morgan fingerprint density at radius 2 is 1.78 bits per heavy atom. The summed E-state index contributed by atoms with van der Waals surface area (Å²) >= 11 is 6.46. The number of carbonyl (C=O) groups is 2. The molecule has 1 fully saturated rings. The molecule has 0 aliphatic carbocycles. The van der Waals surface area contributed by atoms with Crippen molar-refractivity contribution in [1.82, 2.24) is 4.90 Å². The van der Waals surface area contributed by atoms with Crippen LogP contribution in [0.5, 0.6) is 0 Å². The van der Waals surface area contributed by atoms with Gasteiger partial charge in [-0.25, -0.2) is 4.79 Å². The second kappa shape index (κ2) is 9.25. The number of halogens is 1. The Morgan fingerprint density at radius 1 is 1.03 bits per heavy atom. The number of amides is 1. The van der Waals surface area contributed by atoms with Gasteiger partial charge in [-0.05, 0) is 53.8 Å². The summed E-state index contributed by atoms with van der Waals surface area (Å²) in [5.41, 5.74) is 3.22. The summed E-state index contributed by atoms with van der Waals surface area (Å²) in [6, 6.07) is 22.8. The molecule has 0 radical (unpaired) electrons. The quantitative estimate of drug-likeness (QED) is 0.505. The summed E-state index contributed by atoms with van der Waals surface area (Å²) in [6.45, 7) is 0. The molecule has 3 aromatic carbocycles. The van der Waals surface area contributed by atoms with E-state index in [0.29, 0.717) is 34.6 Å². The maximum Gasteiger partial charge on any atom is 0.328 e. The zero-order chi connectivity index (χ0) is 22.7. The Hall–Kier alpha value is -3.62. The van der Waals surface area contributed by atoms with Crippen molar-refractivity contribution in [2.24, 2.45) is 0 Å². The van der Waals surface area contributed by atoms with Gasteiger partial charge >= 0.3 is 5.97 Å². The number of likely N-dealkylation sites (tertiary alicyclic amines) is 1. The summed E-state index contributed by atoms with van der Waals surface area (Å²) < 4.78 is 5.01. The smallest absolute Gasteiger partial charge is 0.328 e. The first-order valence-corrected chi connectivity index (χ1v) is 10.7. The van der Waals surface area contributed by atoms with Gasteiger partial charge in [0.2, 0.25) is 0 Å². The van der Waals surface area contributed by atoms with Gasteiger partial charge in [0.25, 0.3) is 5.91 Å². The van der Waals surface area contributed by atoms with Gasteiger partial charge in [0.05, 0.1) is 24.8 Å². The number of hydrogen-bond acceptors (Lipinski definition) is 4. The van der Waals surface area contributed by atoms with Crippen molar-refractivity contribution in [3.63, 3.8) is 0 Å². The molecule has 1 amide bonds. The summed E-state index contributed by atoms with van der Waals surface area (Å²) in [6.07, 6.45) is 1.09. The van der Waals surface area contributed by atoms with Gasteiger partial charge in [0.1, 0.15) is 6.04 Å². The third-order valence-electron chi connectivity index (χ3n) is 5.82. The zero-order valence-electron chi connectivity index (χ0n) is 17.5. The van der Waals surface area contributed by atoms with Crippen LogP contribution in [0, 0.1) is 11.3 Å². The molecule has 1 saturated heterocycles. The Balaban J connectivity index is 1.81. The Bertz CT molecular complexity index is 1220. The lowest BCUT2D eigenvalue weighted by atomic mass is 9.96. The Morgan fingerprint density at radius 3 is 2.53 bits per heavy atom. The lowest BCUT2D eigenvalue weighted by Gasteiger charge is -2.30. The molecule has 0 spiro atoms. The first-order chi connectivity index (χ1) is 15.5. The van der Waals surface area contributed by atoms with E-state index in [4.69, 9.17) is 16.3 Å². The molecule has 1 aliphatic rings. The minimum atomic E-state index is -0.702. The highest BCUT2D eigenvalue weighted by molar-refractivity contribution is 6.31. The van der Waals surface area contributed by atoms with Gasteiger partial charge in [0.15, 0.2) is 0 Å². The summed E-state index contributed by atoms with van der Waals surface area (Å²) in [4.78, 5) is 28.1. The van der Waals surface area contributed by atoms with Crippen LogP contribution in [0.1, 0.15) is 40.4 Å². The van der Waals surface area contributed by atoms with E-state index in [-0.39, 0.29) is 11.9 Å². The molecule has 0 N–H and O–H groups in total. The lowest BCUT2D eigenvalue weighted by Crippen LogP contribution is -2.42. The Kier molecular flexibility index (Phi) is 6.25. The standard InChI is InChI=1S/C26H21ClN2O3/c1-32-26(31)24-14-13-23(21-11-4-5-12-22(21)27)29(24)25(30)20-10-3-2-9-19(20)18-8-6-7-17(15-18)16-28/h2-12,15,23-24H,13-14H2,1H3/t23-,24+/m1/s1. The van der Waals surface area contributed by atoms with E-state index in [1.165, 1.54) is 7.11 Å². The fourth-order valence-corrected chi connectivity index (χ4v) is 4.59. The van der Waals surface area contributed by atoms with Crippen molar-refractivity contribution < 1.29 is 14.3 Å². The van der Waals surface area contributed by atoms with Crippen molar-refractivity contribution in [3.8, 4) is 17.2 Å². The van der Waals surface area contributed by atoms with Gasteiger partial charge < -0.3 is 9.64 Å². The van der Waals surface area contributed by atoms with Crippen molar-refractivity contribution in [1.29, 1.82) is 5.26 Å². The van der Waals surface area contributed by atoms with E-state index >= 15 is 0 Å². The number of rotatable bonds is 4. The molecule has 32 heavy (non-hydrogen) atoms. The number of esters is 1. The molecule has 4 rings (SSSR count). The summed E-state index contributed by atoms with van der Waals surface area (Å²) in [7, 11) is 1.33. The van der Waals surface area contributed by atoms with Crippen LogP contribution in [0.3, 0.4) is 0 Å². The average molecular weight is 445 g/mol. The predicted octanol–water partition coefficient (Wildman–Crippen LogP) is 5.40. The van der Waals surface area contributed by atoms with Crippen LogP contribution in [0.4, 0.5) is 0 Å². The molecular formula is C26H21ClN2O3. The number of benzene rings is 3. The highest BCUT2D eigenvalue weighted by Crippen LogP contribution is 2.41. The van der Waals surface area contributed by atoms with E-state index in [1.54, 1.807) is 41.3 Å². The number of carbonyl (C=O) groups excluding carboxylic acids is 2. The number of methoxy groups -OCH3 is 1. The van der Waals surface area contributed by atoms with Gasteiger partial charge in [0, 0.05) is 10.6 Å².